The second-order valence-corrected chi connectivity index (χ2v) is 10.6. The molecule has 8 nitrogen and oxygen atoms in total. The Balaban J connectivity index is 1.12. The van der Waals surface area contributed by atoms with E-state index in [9.17, 15) is 9.90 Å². The summed E-state index contributed by atoms with van der Waals surface area (Å²) in [5.74, 6) is 2.80. The third kappa shape index (κ3) is 7.25. The second-order valence-electron chi connectivity index (χ2n) is 10.6. The number of rotatable bonds is 11. The maximum Gasteiger partial charge on any atom is 0.251 e. The van der Waals surface area contributed by atoms with Gasteiger partial charge in [0.2, 0.25) is 0 Å². The fraction of sp³-hybridized carbons (Fsp3) is 0.324. The molecule has 0 atom stereocenters. The van der Waals surface area contributed by atoms with Crippen LogP contribution in [0.2, 0.25) is 0 Å². The first-order chi connectivity index (χ1) is 20.5. The molecule has 0 spiro atoms. The van der Waals surface area contributed by atoms with Crippen LogP contribution in [0.15, 0.2) is 85.4 Å². The quantitative estimate of drug-likeness (QED) is 0.322. The van der Waals surface area contributed by atoms with Crippen molar-refractivity contribution in [2.24, 2.45) is 0 Å². The number of likely N-dealkylation sites (tertiary alicyclic amines) is 1. The van der Waals surface area contributed by atoms with Gasteiger partial charge in [-0.05, 0) is 85.8 Å². The van der Waals surface area contributed by atoms with E-state index in [1.807, 2.05) is 60.9 Å². The molecule has 3 aromatic carbocycles. The summed E-state index contributed by atoms with van der Waals surface area (Å²) in [7, 11) is 3.29. The van der Waals surface area contributed by atoms with Crippen LogP contribution in [0.5, 0.6) is 17.2 Å². The Morgan fingerprint density at radius 1 is 1.00 bits per heavy atom. The van der Waals surface area contributed by atoms with Gasteiger partial charge in [0.05, 0.1) is 14.2 Å². The zero-order chi connectivity index (χ0) is 29.3. The minimum absolute atomic E-state index is 0.0386. The number of ether oxygens (including phenoxy) is 3. The largest absolute Gasteiger partial charge is 0.508 e. The van der Waals surface area contributed by atoms with Crippen molar-refractivity contribution in [1.82, 2.24) is 15.1 Å². The number of phenols is 1. The van der Waals surface area contributed by atoms with Gasteiger partial charge in [0.1, 0.15) is 29.3 Å². The number of nitrogens with one attached hydrogen (secondary N) is 1. The lowest BCUT2D eigenvalue weighted by atomic mass is 9.86. The molecule has 0 aromatic heterocycles. The number of phenolic OH excluding ortho intramolecular Hbond substituents is 1. The van der Waals surface area contributed by atoms with Gasteiger partial charge in [-0.3, -0.25) is 4.79 Å². The Morgan fingerprint density at radius 2 is 1.83 bits per heavy atom. The highest BCUT2D eigenvalue weighted by Crippen LogP contribution is 2.31. The molecule has 0 bridgehead atoms. The number of amides is 1. The highest BCUT2D eigenvalue weighted by atomic mass is 16.5. The standard InChI is InChI=1S/C34H39N3O5/c1-40-29-10-11-32(41-2)27(23-29)12-15-35-34(39)31-9-4-3-8-30(31)25-13-16-36(17-14-25)18-19-37-20-21-42-33(24-37)26-6-5-7-28(38)22-26/h3-11,20-25,38H,12-19H2,1-2H3,(H,35,39). The SMILES string of the molecule is COc1ccc(OC)c(CCNC(=O)c2ccccc2C2CCN(CCN3C=COC(c4cccc(O)c4)=C3)CC2)c1. The molecule has 0 unspecified atom stereocenters. The second kappa shape index (κ2) is 14.0. The van der Waals surface area contributed by atoms with E-state index in [0.717, 1.165) is 72.8 Å². The minimum atomic E-state index is -0.0386. The Morgan fingerprint density at radius 3 is 2.62 bits per heavy atom. The Labute approximate surface area is 247 Å². The lowest BCUT2D eigenvalue weighted by Crippen LogP contribution is -2.38. The molecule has 2 aliphatic rings. The van der Waals surface area contributed by atoms with Crippen LogP contribution in [-0.2, 0) is 11.2 Å². The molecule has 1 fully saturated rings. The third-order valence-electron chi connectivity index (χ3n) is 7.94. The van der Waals surface area contributed by atoms with Crippen LogP contribution in [0.25, 0.3) is 5.76 Å². The summed E-state index contributed by atoms with van der Waals surface area (Å²) in [6, 6.07) is 20.8. The first kappa shape index (κ1) is 29.1. The third-order valence-corrected chi connectivity index (χ3v) is 7.94. The predicted molar refractivity (Wildman–Crippen MR) is 163 cm³/mol. The summed E-state index contributed by atoms with van der Waals surface area (Å²) < 4.78 is 16.5. The molecule has 2 N–H and O–H groups in total. The fourth-order valence-corrected chi connectivity index (χ4v) is 5.61. The summed E-state index contributed by atoms with van der Waals surface area (Å²) in [5.41, 5.74) is 3.73. The van der Waals surface area contributed by atoms with Crippen molar-refractivity contribution in [2.45, 2.75) is 25.2 Å². The highest BCUT2D eigenvalue weighted by molar-refractivity contribution is 5.95. The molecule has 2 aliphatic heterocycles. The number of aromatic hydroxyl groups is 1. The maximum atomic E-state index is 13.2. The van der Waals surface area contributed by atoms with E-state index < -0.39 is 0 Å². The monoisotopic (exact) mass is 569 g/mol. The zero-order valence-corrected chi connectivity index (χ0v) is 24.3. The summed E-state index contributed by atoms with van der Waals surface area (Å²) in [6.45, 7) is 4.23. The van der Waals surface area contributed by atoms with E-state index in [1.165, 1.54) is 0 Å². The maximum absolute atomic E-state index is 13.2. The number of methoxy groups -OCH3 is 2. The molecule has 0 saturated carbocycles. The van der Waals surface area contributed by atoms with Crippen LogP contribution in [0.4, 0.5) is 0 Å². The molecule has 1 amide bonds. The van der Waals surface area contributed by atoms with Crippen LogP contribution in [-0.4, -0.2) is 67.8 Å². The number of hydrogen-bond acceptors (Lipinski definition) is 7. The molecule has 220 valence electrons. The molecule has 42 heavy (non-hydrogen) atoms. The molecule has 3 aromatic rings. The Hall–Kier alpha value is -4.43. The van der Waals surface area contributed by atoms with E-state index in [4.69, 9.17) is 14.2 Å². The molecular weight excluding hydrogens is 530 g/mol. The van der Waals surface area contributed by atoms with Crippen molar-refractivity contribution >= 4 is 11.7 Å². The van der Waals surface area contributed by atoms with E-state index in [1.54, 1.807) is 32.6 Å². The summed E-state index contributed by atoms with van der Waals surface area (Å²) in [4.78, 5) is 17.8. The van der Waals surface area contributed by atoms with Gasteiger partial charge in [-0.15, -0.1) is 0 Å². The van der Waals surface area contributed by atoms with Crippen molar-refractivity contribution in [3.63, 3.8) is 0 Å². The number of benzene rings is 3. The first-order valence-corrected chi connectivity index (χ1v) is 14.4. The molecule has 2 heterocycles. The van der Waals surface area contributed by atoms with Crippen LogP contribution in [0.1, 0.15) is 45.8 Å². The van der Waals surface area contributed by atoms with Crippen LogP contribution in [0.3, 0.4) is 0 Å². The van der Waals surface area contributed by atoms with Crippen molar-refractivity contribution < 1.29 is 24.1 Å². The fourth-order valence-electron chi connectivity index (χ4n) is 5.61. The molecule has 0 radical (unpaired) electrons. The molecular formula is C34H39N3O5. The van der Waals surface area contributed by atoms with Gasteiger partial charge in [0.15, 0.2) is 0 Å². The first-order valence-electron chi connectivity index (χ1n) is 14.4. The minimum Gasteiger partial charge on any atom is -0.508 e. The van der Waals surface area contributed by atoms with Crippen molar-refractivity contribution in [2.75, 3.05) is 46.9 Å². The summed E-state index contributed by atoms with van der Waals surface area (Å²) in [5, 5.41) is 12.9. The topological polar surface area (TPSA) is 83.5 Å². The van der Waals surface area contributed by atoms with Crippen LogP contribution < -0.4 is 14.8 Å². The van der Waals surface area contributed by atoms with Gasteiger partial charge in [-0.1, -0.05) is 30.3 Å². The summed E-state index contributed by atoms with van der Waals surface area (Å²) >= 11 is 0. The molecule has 8 heteroatoms. The Bertz CT molecular complexity index is 1430. The van der Waals surface area contributed by atoms with Gasteiger partial charge in [0.25, 0.3) is 5.91 Å². The zero-order valence-electron chi connectivity index (χ0n) is 24.3. The predicted octanol–water partition coefficient (Wildman–Crippen LogP) is 5.36. The van der Waals surface area contributed by atoms with Crippen molar-refractivity contribution in [1.29, 1.82) is 0 Å². The lowest BCUT2D eigenvalue weighted by Gasteiger charge is -2.34. The van der Waals surface area contributed by atoms with Gasteiger partial charge in [-0.25, -0.2) is 0 Å². The van der Waals surface area contributed by atoms with Crippen LogP contribution in [0, 0.1) is 0 Å². The van der Waals surface area contributed by atoms with E-state index in [-0.39, 0.29) is 11.7 Å². The average Bonchev–Trinajstić information content (AvgIpc) is 3.04. The van der Waals surface area contributed by atoms with Crippen LogP contribution >= 0.6 is 0 Å². The number of hydrogen-bond donors (Lipinski definition) is 2. The Kier molecular flexibility index (Phi) is 9.66. The smallest absolute Gasteiger partial charge is 0.251 e. The highest BCUT2D eigenvalue weighted by Gasteiger charge is 2.24. The average molecular weight is 570 g/mol. The lowest BCUT2D eigenvalue weighted by molar-refractivity contribution is 0.0951. The van der Waals surface area contributed by atoms with Crippen molar-refractivity contribution in [3.05, 3.63) is 108 Å². The van der Waals surface area contributed by atoms with Gasteiger partial charge in [-0.2, -0.15) is 0 Å². The number of piperidine rings is 1. The van der Waals surface area contributed by atoms with Gasteiger partial charge >= 0.3 is 0 Å². The van der Waals surface area contributed by atoms with E-state index in [0.29, 0.717) is 24.6 Å². The number of carbonyl (C=O) groups excluding carboxylic acids is 1. The van der Waals surface area contributed by atoms with E-state index >= 15 is 0 Å². The van der Waals surface area contributed by atoms with Gasteiger partial charge < -0.3 is 34.4 Å². The number of carbonyl (C=O) groups is 1. The van der Waals surface area contributed by atoms with Crippen molar-refractivity contribution in [3.8, 4) is 17.2 Å². The molecule has 5 rings (SSSR count). The number of nitrogens with zero attached hydrogens (tertiary/aromatic N) is 2. The summed E-state index contributed by atoms with van der Waals surface area (Å²) in [6.07, 6.45) is 8.25. The van der Waals surface area contributed by atoms with E-state index in [2.05, 4.69) is 21.2 Å². The van der Waals surface area contributed by atoms with Gasteiger partial charge in [0, 0.05) is 43.2 Å². The normalized spacial score (nSPS) is 15.6. The molecule has 1 saturated heterocycles. The molecule has 0 aliphatic carbocycles.